The van der Waals surface area contributed by atoms with Crippen LogP contribution in [0, 0.1) is 0 Å². The minimum absolute atomic E-state index is 0.582. The third-order valence-corrected chi connectivity index (χ3v) is 5.43. The number of anilines is 1. The first kappa shape index (κ1) is 17.6. The van der Waals surface area contributed by atoms with Gasteiger partial charge in [0.05, 0.1) is 27.0 Å². The molecule has 3 rings (SSSR count). The number of thiophene rings is 1. The van der Waals surface area contributed by atoms with E-state index in [9.17, 15) is 0 Å². The summed E-state index contributed by atoms with van der Waals surface area (Å²) in [5, 5.41) is 8.40. The molecule has 0 fully saturated rings. The Morgan fingerprint density at radius 3 is 2.40 bits per heavy atom. The Bertz CT molecular complexity index is 791. The highest BCUT2D eigenvalue weighted by Crippen LogP contribution is 2.41. The van der Waals surface area contributed by atoms with Gasteiger partial charge in [-0.25, -0.2) is 4.98 Å². The lowest BCUT2D eigenvalue weighted by atomic mass is 10.1. The summed E-state index contributed by atoms with van der Waals surface area (Å²) in [5.41, 5.74) is 1.81. The lowest BCUT2D eigenvalue weighted by molar-refractivity contribution is 0.324. The maximum absolute atomic E-state index is 5.41. The van der Waals surface area contributed by atoms with Crippen molar-refractivity contribution in [3.63, 3.8) is 0 Å². The van der Waals surface area contributed by atoms with Crippen LogP contribution in [0.1, 0.15) is 4.88 Å². The molecule has 0 saturated carbocycles. The summed E-state index contributed by atoms with van der Waals surface area (Å²) in [6, 6.07) is 8.04. The van der Waals surface area contributed by atoms with Gasteiger partial charge in [-0.15, -0.1) is 22.7 Å². The monoisotopic (exact) mass is 376 g/mol. The number of benzene rings is 1. The molecule has 0 aliphatic heterocycles. The Balaban J connectivity index is 1.75. The van der Waals surface area contributed by atoms with Gasteiger partial charge in [0.2, 0.25) is 5.75 Å². The zero-order valence-corrected chi connectivity index (χ0v) is 16.0. The predicted molar refractivity (Wildman–Crippen MR) is 104 cm³/mol. The summed E-state index contributed by atoms with van der Waals surface area (Å²) in [4.78, 5) is 6.03. The highest BCUT2D eigenvalue weighted by atomic mass is 32.1. The van der Waals surface area contributed by atoms with E-state index in [0.29, 0.717) is 17.2 Å². The predicted octanol–water partition coefficient (Wildman–Crippen LogP) is 4.55. The zero-order valence-electron chi connectivity index (χ0n) is 14.4. The van der Waals surface area contributed by atoms with Gasteiger partial charge in [0, 0.05) is 22.4 Å². The number of methoxy groups -OCH3 is 3. The van der Waals surface area contributed by atoms with Crippen molar-refractivity contribution in [2.24, 2.45) is 0 Å². The standard InChI is InChI=1S/C18H20N2O3S2/c1-21-15-9-12(10-16(22-2)17(15)23-3)14-11-25-18(20-14)19-7-6-13-5-4-8-24-13/h4-5,8-11H,6-7H2,1-3H3,(H,19,20). The van der Waals surface area contributed by atoms with Crippen molar-refractivity contribution in [3.05, 3.63) is 39.9 Å². The highest BCUT2D eigenvalue weighted by Gasteiger charge is 2.15. The molecule has 0 radical (unpaired) electrons. The van der Waals surface area contributed by atoms with Crippen molar-refractivity contribution < 1.29 is 14.2 Å². The summed E-state index contributed by atoms with van der Waals surface area (Å²) in [5.74, 6) is 1.83. The number of aromatic nitrogens is 1. The first-order valence-corrected chi connectivity index (χ1v) is 9.53. The van der Waals surface area contributed by atoms with E-state index in [4.69, 9.17) is 14.2 Å². The van der Waals surface area contributed by atoms with Crippen LogP contribution in [0.3, 0.4) is 0 Å². The molecule has 2 heterocycles. The molecule has 0 saturated heterocycles. The first-order valence-electron chi connectivity index (χ1n) is 7.77. The Morgan fingerprint density at radius 1 is 1.04 bits per heavy atom. The van der Waals surface area contributed by atoms with Gasteiger partial charge in [-0.05, 0) is 30.0 Å². The van der Waals surface area contributed by atoms with Gasteiger partial charge in [0.15, 0.2) is 16.6 Å². The van der Waals surface area contributed by atoms with Gasteiger partial charge in [-0.1, -0.05) is 6.07 Å². The third-order valence-electron chi connectivity index (χ3n) is 3.69. The summed E-state index contributed by atoms with van der Waals surface area (Å²) in [6.07, 6.45) is 0.997. The van der Waals surface area contributed by atoms with Crippen LogP contribution < -0.4 is 19.5 Å². The van der Waals surface area contributed by atoms with Crippen molar-refractivity contribution >= 4 is 27.8 Å². The van der Waals surface area contributed by atoms with E-state index in [0.717, 1.165) is 29.4 Å². The second-order valence-electron chi connectivity index (χ2n) is 5.21. The van der Waals surface area contributed by atoms with Crippen LogP contribution in [-0.2, 0) is 6.42 Å². The molecule has 3 aromatic rings. The number of hydrogen-bond acceptors (Lipinski definition) is 7. The van der Waals surface area contributed by atoms with Crippen LogP contribution in [0.4, 0.5) is 5.13 Å². The molecule has 0 atom stereocenters. The minimum Gasteiger partial charge on any atom is -0.493 e. The molecular formula is C18H20N2O3S2. The van der Waals surface area contributed by atoms with Crippen LogP contribution in [-0.4, -0.2) is 32.9 Å². The van der Waals surface area contributed by atoms with E-state index < -0.39 is 0 Å². The molecule has 0 bridgehead atoms. The van der Waals surface area contributed by atoms with Crippen LogP contribution in [0.5, 0.6) is 17.2 Å². The van der Waals surface area contributed by atoms with E-state index in [2.05, 4.69) is 27.8 Å². The lowest BCUT2D eigenvalue weighted by Crippen LogP contribution is -2.03. The summed E-state index contributed by atoms with van der Waals surface area (Å²) < 4.78 is 16.2. The fraction of sp³-hybridized carbons (Fsp3) is 0.278. The third kappa shape index (κ3) is 4.05. The quantitative estimate of drug-likeness (QED) is 0.625. The van der Waals surface area contributed by atoms with Gasteiger partial charge in [-0.3, -0.25) is 0 Å². The van der Waals surface area contributed by atoms with Crippen LogP contribution in [0.15, 0.2) is 35.0 Å². The van der Waals surface area contributed by atoms with Crippen molar-refractivity contribution in [1.29, 1.82) is 0 Å². The fourth-order valence-corrected chi connectivity index (χ4v) is 3.92. The van der Waals surface area contributed by atoms with Gasteiger partial charge in [0.25, 0.3) is 0 Å². The molecule has 0 aliphatic rings. The topological polar surface area (TPSA) is 52.6 Å². The van der Waals surface area contributed by atoms with Gasteiger partial charge in [0.1, 0.15) is 0 Å². The maximum Gasteiger partial charge on any atom is 0.203 e. The molecule has 0 unspecified atom stereocenters. The Labute approximate surface area is 155 Å². The van der Waals surface area contributed by atoms with Gasteiger partial charge >= 0.3 is 0 Å². The summed E-state index contributed by atoms with van der Waals surface area (Å²) >= 11 is 3.36. The van der Waals surface area contributed by atoms with E-state index >= 15 is 0 Å². The van der Waals surface area contributed by atoms with E-state index in [1.54, 1.807) is 44.0 Å². The number of ether oxygens (including phenoxy) is 3. The van der Waals surface area contributed by atoms with Crippen molar-refractivity contribution in [3.8, 4) is 28.5 Å². The van der Waals surface area contributed by atoms with Crippen LogP contribution in [0.25, 0.3) is 11.3 Å². The lowest BCUT2D eigenvalue weighted by Gasteiger charge is -2.13. The van der Waals surface area contributed by atoms with Crippen molar-refractivity contribution in [2.45, 2.75) is 6.42 Å². The largest absolute Gasteiger partial charge is 0.493 e. The molecule has 2 aromatic heterocycles. The smallest absolute Gasteiger partial charge is 0.203 e. The second kappa shape index (κ2) is 8.22. The number of thiazole rings is 1. The maximum atomic E-state index is 5.41. The number of hydrogen-bond donors (Lipinski definition) is 1. The summed E-state index contributed by atoms with van der Waals surface area (Å²) in [6.45, 7) is 0.864. The fourth-order valence-electron chi connectivity index (χ4n) is 2.46. The Hall–Kier alpha value is -2.25. The summed E-state index contributed by atoms with van der Waals surface area (Å²) in [7, 11) is 4.82. The van der Waals surface area contributed by atoms with Crippen molar-refractivity contribution in [2.75, 3.05) is 33.2 Å². The average molecular weight is 377 g/mol. The van der Waals surface area contributed by atoms with Crippen LogP contribution >= 0.6 is 22.7 Å². The second-order valence-corrected chi connectivity index (χ2v) is 7.10. The SMILES string of the molecule is COc1cc(-c2csc(NCCc3cccs3)n2)cc(OC)c1OC. The molecular weight excluding hydrogens is 356 g/mol. The number of rotatable bonds is 8. The van der Waals surface area contributed by atoms with Crippen molar-refractivity contribution in [1.82, 2.24) is 4.98 Å². The van der Waals surface area contributed by atoms with Gasteiger partial charge in [-0.2, -0.15) is 0 Å². The Kier molecular flexibility index (Phi) is 5.78. The molecule has 0 spiro atoms. The molecule has 0 aliphatic carbocycles. The van der Waals surface area contributed by atoms with E-state index in [-0.39, 0.29) is 0 Å². The molecule has 7 heteroatoms. The minimum atomic E-state index is 0.582. The zero-order chi connectivity index (χ0) is 17.6. The van der Waals surface area contributed by atoms with E-state index in [1.165, 1.54) is 4.88 Å². The van der Waals surface area contributed by atoms with E-state index in [1.807, 2.05) is 17.5 Å². The molecule has 25 heavy (non-hydrogen) atoms. The normalized spacial score (nSPS) is 10.5. The molecule has 1 N–H and O–H groups in total. The number of nitrogens with zero attached hydrogens (tertiary/aromatic N) is 1. The van der Waals surface area contributed by atoms with Gasteiger partial charge < -0.3 is 19.5 Å². The highest BCUT2D eigenvalue weighted by molar-refractivity contribution is 7.14. The number of nitrogens with one attached hydrogen (secondary N) is 1. The molecule has 0 amide bonds. The first-order chi connectivity index (χ1) is 12.2. The van der Waals surface area contributed by atoms with Crippen LogP contribution in [0.2, 0.25) is 0 Å². The average Bonchev–Trinajstić information content (AvgIpc) is 3.32. The Morgan fingerprint density at radius 2 is 1.80 bits per heavy atom. The molecule has 5 nitrogen and oxygen atoms in total. The molecule has 1 aromatic carbocycles. The molecule has 132 valence electrons.